The summed E-state index contributed by atoms with van der Waals surface area (Å²) >= 11 is 0. The molecule has 1 saturated heterocycles. The number of nitrogens with one attached hydrogen (secondary N) is 1. The average Bonchev–Trinajstić information content (AvgIpc) is 4.08. The number of hydrogen-bond acceptors (Lipinski definition) is 13. The molecule has 3 heterocycles. The topological polar surface area (TPSA) is 165 Å². The number of ether oxygens (including phenoxy) is 5. The number of fused-ring (bicyclic) bond motifs is 1. The fourth-order valence-corrected chi connectivity index (χ4v) is 11.0. The van der Waals surface area contributed by atoms with Crippen molar-refractivity contribution in [2.45, 2.75) is 47.6 Å². The molecule has 74 heavy (non-hydrogen) atoms. The van der Waals surface area contributed by atoms with Gasteiger partial charge in [-0.25, -0.2) is 15.0 Å². The molecule has 9 aromatic rings. The molecule has 14 nitrogen and oxygen atoms in total. The van der Waals surface area contributed by atoms with E-state index >= 15 is 0 Å². The van der Waals surface area contributed by atoms with Crippen LogP contribution in [0.3, 0.4) is 0 Å². The summed E-state index contributed by atoms with van der Waals surface area (Å²) in [5.74, 6) is 3.28. The highest BCUT2D eigenvalue weighted by Crippen LogP contribution is 2.48. The zero-order valence-electron chi connectivity index (χ0n) is 41.5. The van der Waals surface area contributed by atoms with Gasteiger partial charge in [-0.3, -0.25) is 8.75 Å². The third kappa shape index (κ3) is 9.08. The number of rotatable bonds is 18. The van der Waals surface area contributed by atoms with Crippen molar-refractivity contribution in [3.05, 3.63) is 233 Å². The van der Waals surface area contributed by atoms with Gasteiger partial charge in [-0.15, -0.1) is 0 Å². The van der Waals surface area contributed by atoms with Crippen LogP contribution in [-0.4, -0.2) is 80.3 Å². The maximum Gasteiger partial charge on any atom is 0.297 e. The zero-order chi connectivity index (χ0) is 51.5. The van der Waals surface area contributed by atoms with Crippen LogP contribution in [0.4, 0.5) is 5.82 Å². The number of imidazole rings is 1. The monoisotopic (exact) mass is 1010 g/mol. The Balaban J connectivity index is 1.30. The highest BCUT2D eigenvalue weighted by molar-refractivity contribution is 7.86. The van der Waals surface area contributed by atoms with Crippen LogP contribution in [0, 0.1) is 6.92 Å². The Bertz CT molecular complexity index is 3360. The van der Waals surface area contributed by atoms with Gasteiger partial charge in [0.2, 0.25) is 0 Å². The maximum atomic E-state index is 14.1. The molecule has 2 N–H and O–H groups in total. The summed E-state index contributed by atoms with van der Waals surface area (Å²) in [7, 11) is 2.18. The predicted molar refractivity (Wildman–Crippen MR) is 282 cm³/mol. The van der Waals surface area contributed by atoms with E-state index in [1.807, 2.05) is 153 Å². The van der Waals surface area contributed by atoms with Gasteiger partial charge in [0.15, 0.2) is 29.0 Å². The Labute approximate surface area is 430 Å². The van der Waals surface area contributed by atoms with Crippen LogP contribution in [0.2, 0.25) is 0 Å². The van der Waals surface area contributed by atoms with Crippen molar-refractivity contribution < 1.29 is 41.4 Å². The molecule has 3 atom stereocenters. The Morgan fingerprint density at radius 1 is 0.608 bits per heavy atom. The molecular weight excluding hydrogens is 955 g/mol. The number of anilines is 1. The van der Waals surface area contributed by atoms with E-state index in [9.17, 15) is 13.5 Å². The number of aromatic nitrogens is 4. The first kappa shape index (κ1) is 49.5. The molecule has 7 aromatic carbocycles. The molecule has 376 valence electrons. The first-order valence-electron chi connectivity index (χ1n) is 24.0. The number of nitrogens with zero attached hydrogens (tertiary/aromatic N) is 4. The van der Waals surface area contributed by atoms with Crippen molar-refractivity contribution in [3.63, 3.8) is 0 Å². The van der Waals surface area contributed by atoms with Gasteiger partial charge in [0.25, 0.3) is 10.1 Å². The van der Waals surface area contributed by atoms with Gasteiger partial charge >= 0.3 is 0 Å². The largest absolute Gasteiger partial charge is 0.497 e. The third-order valence-electron chi connectivity index (χ3n) is 13.8. The van der Waals surface area contributed by atoms with Gasteiger partial charge in [-0.05, 0) is 101 Å². The van der Waals surface area contributed by atoms with E-state index in [0.717, 1.165) is 38.9 Å². The molecule has 0 bridgehead atoms. The molecular formula is C59H55N5O9S. The molecule has 0 unspecified atom stereocenters. The molecule has 1 aliphatic rings. The van der Waals surface area contributed by atoms with E-state index < -0.39 is 46.1 Å². The summed E-state index contributed by atoms with van der Waals surface area (Å²) in [5, 5.41) is 14.6. The fraction of sp³-hybridized carbons (Fsp3) is 0.203. The first-order chi connectivity index (χ1) is 36.0. The minimum atomic E-state index is -4.33. The number of aryl methyl sites for hydroxylation is 1. The van der Waals surface area contributed by atoms with E-state index in [0.29, 0.717) is 40.2 Å². The number of aliphatic hydroxyl groups excluding tert-OH is 1. The van der Waals surface area contributed by atoms with Crippen molar-refractivity contribution in [1.29, 1.82) is 0 Å². The van der Waals surface area contributed by atoms with Gasteiger partial charge < -0.3 is 34.1 Å². The predicted octanol–water partition coefficient (Wildman–Crippen LogP) is 10.0. The molecule has 0 amide bonds. The molecule has 15 heteroatoms. The van der Waals surface area contributed by atoms with Crippen LogP contribution in [-0.2, 0) is 30.0 Å². The second kappa shape index (κ2) is 20.8. The normalized spacial score (nSPS) is 15.9. The van der Waals surface area contributed by atoms with Crippen LogP contribution < -0.4 is 24.3 Å². The SMILES string of the molecule is COc1ccc(C(Nc2nc(C(c3ccccc3)(c3ccc(OC)cc3)c3ccc(OC)cc3)nc3c2ncn3[C@@H]2O[C@H](CO)C[C@@H]2OS(=O)(=O)c2ccc(C)cc2)(c2ccccc2)c2ccc(OC)cc2)cc1. The quantitative estimate of drug-likeness (QED) is 0.0617. The summed E-state index contributed by atoms with van der Waals surface area (Å²) in [4.78, 5) is 16.3. The molecule has 0 aliphatic carbocycles. The third-order valence-corrected chi connectivity index (χ3v) is 15.1. The van der Waals surface area contributed by atoms with E-state index in [1.54, 1.807) is 51.5 Å². The van der Waals surface area contributed by atoms with Gasteiger partial charge in [0.05, 0.1) is 52.4 Å². The fourth-order valence-electron chi connectivity index (χ4n) is 9.97. The highest BCUT2D eigenvalue weighted by Gasteiger charge is 2.46. The summed E-state index contributed by atoms with van der Waals surface area (Å²) in [5.41, 5.74) is 4.00. The van der Waals surface area contributed by atoms with Gasteiger partial charge in [0.1, 0.15) is 40.1 Å². The minimum Gasteiger partial charge on any atom is -0.497 e. The molecule has 1 aliphatic heterocycles. The Kier molecular flexibility index (Phi) is 13.9. The molecule has 0 radical (unpaired) electrons. The number of aliphatic hydroxyl groups is 1. The minimum absolute atomic E-state index is 0.0122. The van der Waals surface area contributed by atoms with Crippen LogP contribution in [0.25, 0.3) is 11.2 Å². The first-order valence-corrected chi connectivity index (χ1v) is 25.4. The second-order valence-electron chi connectivity index (χ2n) is 18.0. The van der Waals surface area contributed by atoms with Gasteiger partial charge in [-0.1, -0.05) is 127 Å². The smallest absolute Gasteiger partial charge is 0.297 e. The standard InChI is InChI=1S/C59H55N5O9S/c1-39-16-34-51(35-17-39)74(66,67)73-52-36-50(37-65)72-56(52)64-38-60-53-54(63-59(43-14-10-7-11-15-43,44-22-30-48(70-4)31-23-44)45-24-32-49(71-5)33-25-45)61-57(62-55(53)64)58(40-12-8-6-9-13-40,41-18-26-46(68-2)27-19-41)42-20-28-47(69-3)29-21-42/h6-35,38,50,52,56,65H,36-37H2,1-5H3,(H,61,62,63)/t50-,52-,56+/m0/s1. The lowest BCUT2D eigenvalue weighted by Gasteiger charge is -2.38. The van der Waals surface area contributed by atoms with E-state index in [4.69, 9.17) is 42.8 Å². The lowest BCUT2D eigenvalue weighted by molar-refractivity contribution is -0.0428. The molecule has 0 spiro atoms. The molecule has 0 saturated carbocycles. The van der Waals surface area contributed by atoms with E-state index in [2.05, 4.69) is 17.4 Å². The lowest BCUT2D eigenvalue weighted by atomic mass is 9.68. The summed E-state index contributed by atoms with van der Waals surface area (Å²) in [6, 6.07) is 57.9. The number of methoxy groups -OCH3 is 4. The molecule has 2 aromatic heterocycles. The van der Waals surface area contributed by atoms with E-state index in [1.165, 1.54) is 12.1 Å². The van der Waals surface area contributed by atoms with Crippen LogP contribution in [0.15, 0.2) is 193 Å². The Morgan fingerprint density at radius 3 is 1.53 bits per heavy atom. The number of benzene rings is 7. The van der Waals surface area contributed by atoms with Crippen LogP contribution in [0.1, 0.15) is 57.4 Å². The zero-order valence-corrected chi connectivity index (χ0v) is 42.3. The van der Waals surface area contributed by atoms with Gasteiger partial charge in [-0.2, -0.15) is 8.42 Å². The van der Waals surface area contributed by atoms with Crippen molar-refractivity contribution in [1.82, 2.24) is 19.5 Å². The van der Waals surface area contributed by atoms with E-state index in [-0.39, 0.29) is 17.0 Å². The molecule has 10 rings (SSSR count). The summed E-state index contributed by atoms with van der Waals surface area (Å²) in [6.07, 6.45) is -1.43. The lowest BCUT2D eigenvalue weighted by Crippen LogP contribution is -2.39. The Morgan fingerprint density at radius 2 is 1.05 bits per heavy atom. The Hall–Kier alpha value is -8.08. The van der Waals surface area contributed by atoms with Crippen LogP contribution >= 0.6 is 0 Å². The molecule has 1 fully saturated rings. The maximum absolute atomic E-state index is 14.1. The van der Waals surface area contributed by atoms with Crippen molar-refractivity contribution in [3.8, 4) is 23.0 Å². The second-order valence-corrected chi connectivity index (χ2v) is 19.5. The van der Waals surface area contributed by atoms with Crippen LogP contribution in [0.5, 0.6) is 23.0 Å². The van der Waals surface area contributed by atoms with Crippen molar-refractivity contribution in [2.24, 2.45) is 0 Å². The van der Waals surface area contributed by atoms with Gasteiger partial charge in [0, 0.05) is 6.42 Å². The summed E-state index contributed by atoms with van der Waals surface area (Å²) in [6.45, 7) is 1.48. The van der Waals surface area contributed by atoms with Crippen molar-refractivity contribution in [2.75, 3.05) is 40.4 Å². The number of hydrogen-bond donors (Lipinski definition) is 2. The average molecular weight is 1010 g/mol. The van der Waals surface area contributed by atoms with Crippen molar-refractivity contribution >= 4 is 27.1 Å². The highest BCUT2D eigenvalue weighted by atomic mass is 32.2. The summed E-state index contributed by atoms with van der Waals surface area (Å²) < 4.78 is 65.3.